The SMILES string of the molecule is O=C(CCN1C(=O)C2CC=CCC2C1=O)Nc1ccccc1-c1nc2ccccc2[nH]1. The number of hydrogen-bond donors (Lipinski definition) is 2. The highest BCUT2D eigenvalue weighted by Crippen LogP contribution is 2.35. The van der Waals surface area contributed by atoms with E-state index >= 15 is 0 Å². The number of H-pyrrole nitrogens is 1. The Kier molecular flexibility index (Phi) is 4.86. The van der Waals surface area contributed by atoms with Gasteiger partial charge in [0.05, 0.1) is 28.6 Å². The number of aromatic amines is 1. The number of anilines is 1. The molecule has 1 saturated heterocycles. The van der Waals surface area contributed by atoms with E-state index in [-0.39, 0.29) is 42.5 Å². The molecule has 1 aliphatic carbocycles. The molecule has 2 aliphatic rings. The second-order valence-electron chi connectivity index (χ2n) is 7.93. The molecule has 156 valence electrons. The zero-order valence-electron chi connectivity index (χ0n) is 16.9. The van der Waals surface area contributed by atoms with Crippen LogP contribution in [0.25, 0.3) is 22.4 Å². The van der Waals surface area contributed by atoms with Crippen LogP contribution >= 0.6 is 0 Å². The molecule has 2 aromatic carbocycles. The van der Waals surface area contributed by atoms with Gasteiger partial charge in [-0.25, -0.2) is 4.98 Å². The normalized spacial score (nSPS) is 20.3. The van der Waals surface area contributed by atoms with E-state index in [2.05, 4.69) is 15.3 Å². The molecule has 31 heavy (non-hydrogen) atoms. The summed E-state index contributed by atoms with van der Waals surface area (Å²) in [7, 11) is 0. The zero-order valence-corrected chi connectivity index (χ0v) is 16.9. The summed E-state index contributed by atoms with van der Waals surface area (Å²) < 4.78 is 0. The highest BCUT2D eigenvalue weighted by atomic mass is 16.2. The van der Waals surface area contributed by atoms with Crippen LogP contribution in [0.2, 0.25) is 0 Å². The predicted molar refractivity (Wildman–Crippen MR) is 117 cm³/mol. The van der Waals surface area contributed by atoms with Crippen molar-refractivity contribution in [2.45, 2.75) is 19.3 Å². The molecular formula is C24H22N4O3. The van der Waals surface area contributed by atoms with Crippen molar-refractivity contribution in [2.75, 3.05) is 11.9 Å². The van der Waals surface area contributed by atoms with Gasteiger partial charge in [-0.3, -0.25) is 19.3 Å². The van der Waals surface area contributed by atoms with E-state index in [4.69, 9.17) is 0 Å². The number of hydrogen-bond acceptors (Lipinski definition) is 4. The van der Waals surface area contributed by atoms with E-state index in [1.165, 1.54) is 4.90 Å². The minimum atomic E-state index is -0.269. The van der Waals surface area contributed by atoms with Crippen molar-refractivity contribution >= 4 is 34.4 Å². The molecule has 0 saturated carbocycles. The monoisotopic (exact) mass is 414 g/mol. The molecule has 1 aliphatic heterocycles. The van der Waals surface area contributed by atoms with Crippen molar-refractivity contribution in [1.82, 2.24) is 14.9 Å². The first-order chi connectivity index (χ1) is 15.1. The fraction of sp³-hybridized carbons (Fsp3) is 0.250. The van der Waals surface area contributed by atoms with E-state index in [0.29, 0.717) is 24.4 Å². The Morgan fingerprint density at radius 1 is 1.00 bits per heavy atom. The van der Waals surface area contributed by atoms with Crippen LogP contribution in [0.15, 0.2) is 60.7 Å². The molecule has 0 spiro atoms. The van der Waals surface area contributed by atoms with Gasteiger partial charge in [-0.15, -0.1) is 0 Å². The Bertz CT molecular complexity index is 1150. The van der Waals surface area contributed by atoms with Gasteiger partial charge in [-0.05, 0) is 37.1 Å². The lowest BCUT2D eigenvalue weighted by atomic mass is 9.85. The third-order valence-electron chi connectivity index (χ3n) is 6.01. The van der Waals surface area contributed by atoms with Gasteiger partial charge in [-0.2, -0.15) is 0 Å². The molecule has 3 amide bonds. The first kappa shape index (κ1) is 19.2. The van der Waals surface area contributed by atoms with Crippen LogP contribution < -0.4 is 5.32 Å². The summed E-state index contributed by atoms with van der Waals surface area (Å²) in [4.78, 5) is 46.9. The smallest absolute Gasteiger partial charge is 0.233 e. The average Bonchev–Trinajstić information content (AvgIpc) is 3.32. The second kappa shape index (κ2) is 7.83. The van der Waals surface area contributed by atoms with E-state index < -0.39 is 0 Å². The molecule has 2 unspecified atom stereocenters. The van der Waals surface area contributed by atoms with Crippen LogP contribution in [0.4, 0.5) is 5.69 Å². The molecule has 2 atom stereocenters. The Balaban J connectivity index is 1.28. The van der Waals surface area contributed by atoms with Gasteiger partial charge in [0.2, 0.25) is 17.7 Å². The first-order valence-corrected chi connectivity index (χ1v) is 10.5. The van der Waals surface area contributed by atoms with Gasteiger partial charge in [0.1, 0.15) is 5.82 Å². The third-order valence-corrected chi connectivity index (χ3v) is 6.01. The van der Waals surface area contributed by atoms with Gasteiger partial charge >= 0.3 is 0 Å². The van der Waals surface area contributed by atoms with Gasteiger partial charge < -0.3 is 10.3 Å². The lowest BCUT2D eigenvalue weighted by Gasteiger charge is -2.15. The number of aromatic nitrogens is 2. The zero-order chi connectivity index (χ0) is 21.4. The quantitative estimate of drug-likeness (QED) is 0.493. The lowest BCUT2D eigenvalue weighted by molar-refractivity contribution is -0.140. The minimum absolute atomic E-state index is 0.0544. The lowest BCUT2D eigenvalue weighted by Crippen LogP contribution is -2.34. The van der Waals surface area contributed by atoms with E-state index in [0.717, 1.165) is 16.6 Å². The maximum Gasteiger partial charge on any atom is 0.233 e. The fourth-order valence-corrected chi connectivity index (χ4v) is 4.39. The number of rotatable bonds is 5. The Morgan fingerprint density at radius 3 is 2.42 bits per heavy atom. The standard InChI is InChI=1S/C24H22N4O3/c29-21(13-14-28-23(30)15-7-1-2-8-16(15)24(28)31)25-18-10-4-3-9-17(18)22-26-19-11-5-6-12-20(19)27-22/h1-6,9-12,15-16H,7-8,13-14H2,(H,25,29)(H,26,27). The molecule has 2 heterocycles. The number of amides is 3. The summed E-state index contributed by atoms with van der Waals surface area (Å²) in [5.41, 5.74) is 3.17. The predicted octanol–water partition coefficient (Wildman–Crippen LogP) is 3.51. The molecule has 3 aromatic rings. The van der Waals surface area contributed by atoms with Crippen LogP contribution in [0, 0.1) is 11.8 Å². The maximum absolute atomic E-state index is 12.6. The highest BCUT2D eigenvalue weighted by molar-refractivity contribution is 6.06. The van der Waals surface area contributed by atoms with Crippen LogP contribution in [-0.2, 0) is 14.4 Å². The number of likely N-dealkylation sites (tertiary alicyclic amines) is 1. The van der Waals surface area contributed by atoms with Crippen molar-refractivity contribution in [3.05, 3.63) is 60.7 Å². The van der Waals surface area contributed by atoms with Crippen molar-refractivity contribution in [1.29, 1.82) is 0 Å². The van der Waals surface area contributed by atoms with Crippen LogP contribution in [-0.4, -0.2) is 39.1 Å². The number of nitrogens with zero attached hydrogens (tertiary/aromatic N) is 2. The van der Waals surface area contributed by atoms with Crippen molar-refractivity contribution in [3.63, 3.8) is 0 Å². The summed E-state index contributed by atoms with van der Waals surface area (Å²) >= 11 is 0. The molecule has 5 rings (SSSR count). The summed E-state index contributed by atoms with van der Waals surface area (Å²) in [6.45, 7) is 0.101. The van der Waals surface area contributed by atoms with Crippen LogP contribution in [0.1, 0.15) is 19.3 Å². The Labute approximate surface area is 179 Å². The fourth-order valence-electron chi connectivity index (χ4n) is 4.39. The molecule has 7 heteroatoms. The number of carbonyl (C=O) groups excluding carboxylic acids is 3. The third kappa shape index (κ3) is 3.52. The summed E-state index contributed by atoms with van der Waals surface area (Å²) in [6.07, 6.45) is 5.17. The van der Waals surface area contributed by atoms with Crippen molar-refractivity contribution in [2.24, 2.45) is 11.8 Å². The van der Waals surface area contributed by atoms with E-state index in [1.54, 1.807) is 0 Å². The van der Waals surface area contributed by atoms with Crippen LogP contribution in [0.3, 0.4) is 0 Å². The molecular weight excluding hydrogens is 392 g/mol. The first-order valence-electron chi connectivity index (χ1n) is 10.5. The van der Waals surface area contributed by atoms with Crippen LogP contribution in [0.5, 0.6) is 0 Å². The topological polar surface area (TPSA) is 95.2 Å². The number of fused-ring (bicyclic) bond motifs is 2. The number of nitrogens with one attached hydrogen (secondary N) is 2. The van der Waals surface area contributed by atoms with Gasteiger partial charge in [0.15, 0.2) is 0 Å². The average molecular weight is 414 g/mol. The number of allylic oxidation sites excluding steroid dienone is 2. The number of para-hydroxylation sites is 3. The summed E-state index contributed by atoms with van der Waals surface area (Å²) in [5.74, 6) is -0.441. The number of imidazole rings is 1. The van der Waals surface area contributed by atoms with Crippen molar-refractivity contribution < 1.29 is 14.4 Å². The van der Waals surface area contributed by atoms with Gasteiger partial charge in [-0.1, -0.05) is 36.4 Å². The number of imide groups is 1. The summed E-state index contributed by atoms with van der Waals surface area (Å²) in [5, 5.41) is 2.91. The molecule has 1 fully saturated rings. The highest BCUT2D eigenvalue weighted by Gasteiger charge is 2.46. The molecule has 0 bridgehead atoms. The van der Waals surface area contributed by atoms with Crippen molar-refractivity contribution in [3.8, 4) is 11.4 Å². The Morgan fingerprint density at radius 2 is 1.68 bits per heavy atom. The van der Waals surface area contributed by atoms with Gasteiger partial charge in [0.25, 0.3) is 0 Å². The minimum Gasteiger partial charge on any atom is -0.338 e. The van der Waals surface area contributed by atoms with Gasteiger partial charge in [0, 0.05) is 18.5 Å². The number of carbonyl (C=O) groups is 3. The Hall–Kier alpha value is -3.74. The van der Waals surface area contributed by atoms with E-state index in [9.17, 15) is 14.4 Å². The number of benzene rings is 2. The molecule has 1 aromatic heterocycles. The summed E-state index contributed by atoms with van der Waals surface area (Å²) in [6, 6.07) is 15.2. The molecule has 2 N–H and O–H groups in total. The maximum atomic E-state index is 12.6. The van der Waals surface area contributed by atoms with E-state index in [1.807, 2.05) is 60.7 Å². The molecule has 7 nitrogen and oxygen atoms in total. The second-order valence-corrected chi connectivity index (χ2v) is 7.93. The molecule has 0 radical (unpaired) electrons. The largest absolute Gasteiger partial charge is 0.338 e.